The van der Waals surface area contributed by atoms with Crippen LogP contribution in [0.2, 0.25) is 0 Å². The van der Waals surface area contributed by atoms with E-state index in [0.717, 1.165) is 5.56 Å². The number of pyridine rings is 1. The van der Waals surface area contributed by atoms with Gasteiger partial charge in [-0.05, 0) is 24.3 Å². The van der Waals surface area contributed by atoms with E-state index < -0.39 is 23.9 Å². The number of alkyl halides is 3. The smallest absolute Gasteiger partial charge is 0.412 e. The molecule has 32 heavy (non-hydrogen) atoms. The van der Waals surface area contributed by atoms with E-state index in [1.165, 1.54) is 35.4 Å². The second-order valence-corrected chi connectivity index (χ2v) is 6.98. The Morgan fingerprint density at radius 3 is 2.59 bits per heavy atom. The molecule has 1 aromatic heterocycles. The van der Waals surface area contributed by atoms with Crippen molar-refractivity contribution in [1.82, 2.24) is 9.88 Å². The van der Waals surface area contributed by atoms with Gasteiger partial charge >= 0.3 is 12.1 Å². The van der Waals surface area contributed by atoms with Crippen LogP contribution in [0.5, 0.6) is 0 Å². The third-order valence-electron chi connectivity index (χ3n) is 4.85. The Morgan fingerprint density at radius 1 is 1.16 bits per heavy atom. The standard InChI is InChI=1S/C23H17F3N4O2/c1-14-13-18(15-7-3-2-4-8-15)29-21-16(9-6-12-30(14)21)20(23(24,25)26)28-17-10-5-11-27-19(17)22(31)32/h2-13,20,28H,1H2,(H,31,32)/t20-/m0/s1. The van der Waals surface area contributed by atoms with Crippen LogP contribution in [-0.4, -0.2) is 39.0 Å². The molecule has 0 amide bonds. The van der Waals surface area contributed by atoms with Gasteiger partial charge < -0.3 is 15.3 Å². The lowest BCUT2D eigenvalue weighted by Gasteiger charge is -2.34. The fourth-order valence-corrected chi connectivity index (χ4v) is 3.41. The van der Waals surface area contributed by atoms with Crippen molar-refractivity contribution < 1.29 is 23.1 Å². The predicted octanol–water partition coefficient (Wildman–Crippen LogP) is 4.85. The van der Waals surface area contributed by atoms with Crippen LogP contribution >= 0.6 is 0 Å². The molecule has 6 nitrogen and oxygen atoms in total. The lowest BCUT2D eigenvalue weighted by Crippen LogP contribution is -2.45. The minimum absolute atomic E-state index is 0.0504. The quantitative estimate of drug-likeness (QED) is 0.698. The van der Waals surface area contributed by atoms with Crippen molar-refractivity contribution in [3.8, 4) is 0 Å². The molecular weight excluding hydrogens is 421 g/mol. The molecule has 1 atom stereocenters. The number of nitrogens with one attached hydrogen (secondary N) is 1. The minimum Gasteiger partial charge on any atom is -0.476 e. The molecule has 2 N–H and O–H groups in total. The fourth-order valence-electron chi connectivity index (χ4n) is 3.41. The van der Waals surface area contributed by atoms with Gasteiger partial charge in [-0.25, -0.2) is 14.8 Å². The topological polar surface area (TPSA) is 77.8 Å². The Morgan fingerprint density at radius 2 is 1.91 bits per heavy atom. The van der Waals surface area contributed by atoms with E-state index >= 15 is 0 Å². The maximum Gasteiger partial charge on any atom is 0.412 e. The van der Waals surface area contributed by atoms with Gasteiger partial charge in [-0.3, -0.25) is 0 Å². The average Bonchev–Trinajstić information content (AvgIpc) is 2.77. The van der Waals surface area contributed by atoms with Gasteiger partial charge in [0.05, 0.1) is 11.4 Å². The lowest BCUT2D eigenvalue weighted by atomic mass is 9.99. The minimum atomic E-state index is -4.76. The highest BCUT2D eigenvalue weighted by Gasteiger charge is 2.45. The number of fused-ring (bicyclic) bond motifs is 1. The number of rotatable bonds is 5. The number of aromatic carboxylic acids is 1. The number of carbonyl (C=O) groups is 1. The van der Waals surface area contributed by atoms with Gasteiger partial charge in [0.2, 0.25) is 0 Å². The van der Waals surface area contributed by atoms with Crippen LogP contribution in [0.4, 0.5) is 18.9 Å². The van der Waals surface area contributed by atoms with Gasteiger partial charge in [-0.2, -0.15) is 13.2 Å². The third-order valence-corrected chi connectivity index (χ3v) is 4.85. The SMILES string of the molecule is C=C1C=C(c2ccccc2)N=C2C([C@H](Nc3cccnc3C(=O)O)C(F)(F)F)=CC=CN12. The van der Waals surface area contributed by atoms with Crippen molar-refractivity contribution >= 4 is 23.2 Å². The number of nitrogens with zero attached hydrogens (tertiary/aromatic N) is 3. The number of hydrogen-bond donors (Lipinski definition) is 2. The van der Waals surface area contributed by atoms with Crippen LogP contribution in [-0.2, 0) is 0 Å². The molecule has 4 rings (SSSR count). The monoisotopic (exact) mass is 438 g/mol. The van der Waals surface area contributed by atoms with Gasteiger partial charge in [0, 0.05) is 29.2 Å². The summed E-state index contributed by atoms with van der Waals surface area (Å²) in [5.74, 6) is -1.39. The molecule has 2 aromatic rings. The highest BCUT2D eigenvalue weighted by molar-refractivity contribution is 6.07. The molecule has 1 aromatic carbocycles. The number of aromatic nitrogens is 1. The summed E-state index contributed by atoms with van der Waals surface area (Å²) in [6.07, 6.45) is 2.47. The van der Waals surface area contributed by atoms with E-state index in [2.05, 4.69) is 21.9 Å². The predicted molar refractivity (Wildman–Crippen MR) is 115 cm³/mol. The van der Waals surface area contributed by atoms with Gasteiger partial charge in [-0.1, -0.05) is 43.0 Å². The normalized spacial score (nSPS) is 16.5. The first kappa shape index (κ1) is 21.1. The number of aliphatic imine (C=N–C) groups is 1. The van der Waals surface area contributed by atoms with Crippen molar-refractivity contribution in [3.05, 3.63) is 102 Å². The number of carboxylic acids is 1. The van der Waals surface area contributed by atoms with E-state index in [9.17, 15) is 23.1 Å². The second-order valence-electron chi connectivity index (χ2n) is 6.98. The fraction of sp³-hybridized carbons (Fsp3) is 0.0870. The number of carboxylic acid groups (broad SMARTS) is 1. The highest BCUT2D eigenvalue weighted by Crippen LogP contribution is 2.36. The van der Waals surface area contributed by atoms with Crippen LogP contribution < -0.4 is 5.32 Å². The molecule has 2 aliphatic heterocycles. The third kappa shape index (κ3) is 4.04. The summed E-state index contributed by atoms with van der Waals surface area (Å²) in [4.78, 5) is 21.1. The van der Waals surface area contributed by atoms with Crippen LogP contribution in [0.15, 0.2) is 95.9 Å². The number of hydrogen-bond acceptors (Lipinski definition) is 5. The largest absolute Gasteiger partial charge is 0.476 e. The zero-order chi connectivity index (χ0) is 22.9. The molecular formula is C23H17F3N4O2. The van der Waals surface area contributed by atoms with Gasteiger partial charge in [-0.15, -0.1) is 0 Å². The first-order valence-corrected chi connectivity index (χ1v) is 9.50. The lowest BCUT2D eigenvalue weighted by molar-refractivity contribution is -0.133. The molecule has 0 fully saturated rings. The summed E-state index contributed by atoms with van der Waals surface area (Å²) < 4.78 is 42.6. The van der Waals surface area contributed by atoms with Gasteiger partial charge in [0.25, 0.3) is 0 Å². The van der Waals surface area contributed by atoms with Crippen molar-refractivity contribution in [2.24, 2.45) is 4.99 Å². The first-order chi connectivity index (χ1) is 15.3. The Bertz CT molecular complexity index is 1200. The van der Waals surface area contributed by atoms with Crippen LogP contribution in [0.1, 0.15) is 16.1 Å². The molecule has 3 heterocycles. The zero-order valence-electron chi connectivity index (χ0n) is 16.5. The van der Waals surface area contributed by atoms with Crippen molar-refractivity contribution in [3.63, 3.8) is 0 Å². The maximum absolute atomic E-state index is 14.2. The van der Waals surface area contributed by atoms with Gasteiger partial charge in [0.15, 0.2) is 11.7 Å². The summed E-state index contributed by atoms with van der Waals surface area (Å²) in [5.41, 5.74) is 0.708. The summed E-state index contributed by atoms with van der Waals surface area (Å²) in [7, 11) is 0. The molecule has 162 valence electrons. The molecule has 0 saturated carbocycles. The van der Waals surface area contributed by atoms with Crippen molar-refractivity contribution in [1.29, 1.82) is 0 Å². The van der Waals surface area contributed by atoms with E-state index in [0.29, 0.717) is 11.4 Å². The van der Waals surface area contributed by atoms with Crippen molar-refractivity contribution in [2.75, 3.05) is 5.32 Å². The van der Waals surface area contributed by atoms with E-state index in [-0.39, 0.29) is 17.1 Å². The van der Waals surface area contributed by atoms with E-state index in [4.69, 9.17) is 0 Å². The Labute approximate surface area is 181 Å². The number of halogens is 3. The summed E-state index contributed by atoms with van der Waals surface area (Å²) in [6, 6.07) is 9.40. The average molecular weight is 438 g/mol. The van der Waals surface area contributed by atoms with Crippen LogP contribution in [0.25, 0.3) is 5.70 Å². The maximum atomic E-state index is 14.2. The molecule has 0 aliphatic carbocycles. The number of anilines is 1. The number of allylic oxidation sites excluding steroid dienone is 3. The van der Waals surface area contributed by atoms with Crippen LogP contribution in [0.3, 0.4) is 0 Å². The molecule has 0 bridgehead atoms. The molecule has 0 spiro atoms. The molecule has 0 unspecified atom stereocenters. The van der Waals surface area contributed by atoms with Gasteiger partial charge in [0.1, 0.15) is 5.84 Å². The van der Waals surface area contributed by atoms with E-state index in [1.807, 2.05) is 6.07 Å². The van der Waals surface area contributed by atoms with Crippen LogP contribution in [0, 0.1) is 0 Å². The van der Waals surface area contributed by atoms with E-state index in [1.54, 1.807) is 36.5 Å². The Kier molecular flexibility index (Phi) is 5.40. The molecule has 2 aliphatic rings. The zero-order valence-corrected chi connectivity index (χ0v) is 16.5. The molecule has 9 heteroatoms. The van der Waals surface area contributed by atoms with Crippen molar-refractivity contribution in [2.45, 2.75) is 12.2 Å². The number of benzene rings is 1. The summed E-state index contributed by atoms with van der Waals surface area (Å²) >= 11 is 0. The summed E-state index contributed by atoms with van der Waals surface area (Å²) in [6.45, 7) is 3.95. The summed E-state index contributed by atoms with van der Waals surface area (Å²) in [5, 5.41) is 11.6. The number of amidine groups is 1. The second kappa shape index (κ2) is 8.18. The Hall–Kier alpha value is -4.14. The Balaban J connectivity index is 1.78. The first-order valence-electron chi connectivity index (χ1n) is 9.50. The molecule has 0 radical (unpaired) electrons. The molecule has 0 saturated heterocycles. The highest BCUT2D eigenvalue weighted by atomic mass is 19.4.